The number of carbonyl (C=O) groups excluding carboxylic acids is 2. The maximum absolute atomic E-state index is 12.2. The number of amides is 2. The van der Waals surface area contributed by atoms with Crippen molar-refractivity contribution in [2.75, 3.05) is 62.4 Å². The minimum atomic E-state index is 0.102. The zero-order valence-corrected chi connectivity index (χ0v) is 39.0. The summed E-state index contributed by atoms with van der Waals surface area (Å²) in [6.07, 6.45) is 9.15. The molecular formula is C50H54N14O4. The first-order valence-electron chi connectivity index (χ1n) is 23.6. The van der Waals surface area contributed by atoms with Gasteiger partial charge in [0.1, 0.15) is 12.1 Å². The number of aromatic nitrogens is 8. The number of anilines is 4. The maximum Gasteiger partial charge on any atom is 0.219 e. The van der Waals surface area contributed by atoms with Gasteiger partial charge in [-0.15, -0.1) is 0 Å². The average molecular weight is 915 g/mol. The van der Waals surface area contributed by atoms with Gasteiger partial charge >= 0.3 is 0 Å². The summed E-state index contributed by atoms with van der Waals surface area (Å²) in [5.41, 5.74) is 14.1. The van der Waals surface area contributed by atoms with Crippen molar-refractivity contribution in [3.05, 3.63) is 93.8 Å². The van der Waals surface area contributed by atoms with Crippen LogP contribution in [0.25, 0.3) is 22.3 Å². The highest BCUT2D eigenvalue weighted by Gasteiger charge is 2.36. The molecule has 6 aliphatic rings. The summed E-state index contributed by atoms with van der Waals surface area (Å²) in [6.45, 7) is 10.5. The number of carbonyl (C=O) groups is 2. The molecule has 6 aromatic rings. The van der Waals surface area contributed by atoms with E-state index >= 15 is 0 Å². The van der Waals surface area contributed by atoms with Crippen LogP contribution in [0.1, 0.15) is 83.8 Å². The lowest BCUT2D eigenvalue weighted by Crippen LogP contribution is -2.35. The van der Waals surface area contributed by atoms with Crippen molar-refractivity contribution in [1.29, 1.82) is 10.5 Å². The van der Waals surface area contributed by atoms with Gasteiger partial charge in [-0.1, -0.05) is 12.1 Å². The Morgan fingerprint density at radius 2 is 1.06 bits per heavy atom. The topological polar surface area (TPSA) is 184 Å². The number of hydrogen-bond acceptors (Lipinski definition) is 12. The standard InChI is InChI=1S/2C25H27N7O2/c2*1-16(33)30-8-6-24-21(14-30)25(28-32(24)19-7-10-34-15-19)31-9-5-18-11-17(3-4-23(18)31)20-13-29(2)27-22(20)12-26/h2*3-4,11,13,19H,5-10,14-15H2,1-2H3/t2*19-/m10/s1. The van der Waals surface area contributed by atoms with Crippen molar-refractivity contribution in [1.82, 2.24) is 48.9 Å². The van der Waals surface area contributed by atoms with Gasteiger partial charge in [-0.05, 0) is 72.2 Å². The van der Waals surface area contributed by atoms with Gasteiger partial charge in [0, 0.05) is 138 Å². The fourth-order valence-electron chi connectivity index (χ4n) is 11.0. The van der Waals surface area contributed by atoms with Gasteiger partial charge in [-0.25, -0.2) is 0 Å². The third-order valence-corrected chi connectivity index (χ3v) is 14.5. The molecule has 0 unspecified atom stereocenters. The number of nitriles is 2. The molecule has 0 aliphatic carbocycles. The maximum atomic E-state index is 12.2. The zero-order chi connectivity index (χ0) is 46.8. The smallest absolute Gasteiger partial charge is 0.219 e. The molecule has 0 bridgehead atoms. The molecule has 12 rings (SSSR count). The number of benzene rings is 2. The van der Waals surface area contributed by atoms with Crippen LogP contribution in [-0.4, -0.2) is 113 Å². The monoisotopic (exact) mass is 914 g/mol. The third-order valence-electron chi connectivity index (χ3n) is 14.5. The molecule has 2 atom stereocenters. The minimum absolute atomic E-state index is 0.102. The Bertz CT molecular complexity index is 2860. The first-order chi connectivity index (χ1) is 33.1. The Labute approximate surface area is 394 Å². The van der Waals surface area contributed by atoms with Gasteiger partial charge in [-0.3, -0.25) is 28.3 Å². The van der Waals surface area contributed by atoms with Crippen LogP contribution in [-0.2, 0) is 71.9 Å². The molecule has 68 heavy (non-hydrogen) atoms. The summed E-state index contributed by atoms with van der Waals surface area (Å²) in [5.74, 6) is 2.12. The van der Waals surface area contributed by atoms with E-state index in [0.717, 1.165) is 134 Å². The average Bonchev–Trinajstić information content (AvgIpc) is 4.21. The van der Waals surface area contributed by atoms with Crippen LogP contribution in [0.3, 0.4) is 0 Å². The van der Waals surface area contributed by atoms with Gasteiger partial charge in [0.25, 0.3) is 0 Å². The molecule has 6 aliphatic heterocycles. The van der Waals surface area contributed by atoms with E-state index < -0.39 is 0 Å². The molecule has 0 saturated carbocycles. The predicted octanol–water partition coefficient (Wildman–Crippen LogP) is 5.43. The van der Waals surface area contributed by atoms with Gasteiger partial charge in [0.2, 0.25) is 11.8 Å². The molecule has 0 spiro atoms. The third kappa shape index (κ3) is 7.57. The minimum Gasteiger partial charge on any atom is -0.379 e. The van der Waals surface area contributed by atoms with E-state index in [1.165, 1.54) is 22.5 Å². The highest BCUT2D eigenvalue weighted by atomic mass is 16.5. The first-order valence-corrected chi connectivity index (χ1v) is 23.6. The summed E-state index contributed by atoms with van der Waals surface area (Å²) in [4.78, 5) is 32.7. The second-order valence-corrected chi connectivity index (χ2v) is 18.6. The van der Waals surface area contributed by atoms with Gasteiger partial charge < -0.3 is 29.1 Å². The first kappa shape index (κ1) is 43.3. The van der Waals surface area contributed by atoms with Crippen LogP contribution in [0.15, 0.2) is 48.8 Å². The SMILES string of the molecule is CC(=O)N1CCc2c(c(N3CCc4cc(-c5cn(C)nc5C#N)ccc43)nn2[C@@H]2CCOC2)C1.CC(=O)N1CCc2c(c(N3CCc4cc(-c5cn(C)nc5C#N)ccc43)nn2[C@H]2CCOC2)C1. The van der Waals surface area contributed by atoms with Crippen molar-refractivity contribution in [2.24, 2.45) is 14.1 Å². The van der Waals surface area contributed by atoms with Crippen molar-refractivity contribution in [3.8, 4) is 34.4 Å². The van der Waals surface area contributed by atoms with Gasteiger partial charge in [0.05, 0.1) is 38.4 Å². The van der Waals surface area contributed by atoms with Crippen LogP contribution in [0.5, 0.6) is 0 Å². The van der Waals surface area contributed by atoms with E-state index in [9.17, 15) is 20.1 Å². The molecule has 4 aromatic heterocycles. The Balaban J connectivity index is 0.000000149. The van der Waals surface area contributed by atoms with Crippen LogP contribution in [0, 0.1) is 22.7 Å². The highest BCUT2D eigenvalue weighted by Crippen LogP contribution is 2.43. The Kier molecular flexibility index (Phi) is 11.1. The highest BCUT2D eigenvalue weighted by molar-refractivity contribution is 5.80. The Hall–Kier alpha value is -7.28. The van der Waals surface area contributed by atoms with E-state index in [0.29, 0.717) is 37.7 Å². The normalized spacial score (nSPS) is 19.3. The van der Waals surface area contributed by atoms with E-state index in [4.69, 9.17) is 19.7 Å². The lowest BCUT2D eigenvalue weighted by Gasteiger charge is -2.28. The number of hydrogen-bond donors (Lipinski definition) is 0. The van der Waals surface area contributed by atoms with Crippen LogP contribution >= 0.6 is 0 Å². The lowest BCUT2D eigenvalue weighted by atomic mass is 10.0. The van der Waals surface area contributed by atoms with Gasteiger partial charge in [-0.2, -0.15) is 30.9 Å². The second-order valence-electron chi connectivity index (χ2n) is 18.6. The quantitative estimate of drug-likeness (QED) is 0.207. The molecule has 348 valence electrons. The molecule has 18 nitrogen and oxygen atoms in total. The van der Waals surface area contributed by atoms with Crippen LogP contribution in [0.4, 0.5) is 23.0 Å². The number of fused-ring (bicyclic) bond motifs is 4. The van der Waals surface area contributed by atoms with Crippen molar-refractivity contribution in [2.45, 2.75) is 77.5 Å². The summed E-state index contributed by atoms with van der Waals surface area (Å²) < 4.78 is 19.0. The van der Waals surface area contributed by atoms with Crippen molar-refractivity contribution < 1.29 is 19.1 Å². The number of nitrogens with zero attached hydrogens (tertiary/aromatic N) is 14. The zero-order valence-electron chi connectivity index (χ0n) is 39.0. The van der Waals surface area contributed by atoms with E-state index in [2.05, 4.69) is 77.9 Å². The summed E-state index contributed by atoms with van der Waals surface area (Å²) in [6, 6.07) is 17.6. The fraction of sp³-hybridized carbons (Fsp3) is 0.440. The number of rotatable bonds is 6. The molecule has 10 heterocycles. The summed E-state index contributed by atoms with van der Waals surface area (Å²) in [5, 5.41) is 37.7. The molecule has 18 heteroatoms. The Morgan fingerprint density at radius 1 is 0.618 bits per heavy atom. The number of aryl methyl sites for hydroxylation is 2. The second kappa shape index (κ2) is 17.4. The molecular weight excluding hydrogens is 861 g/mol. The molecule has 2 amide bonds. The summed E-state index contributed by atoms with van der Waals surface area (Å²) in [7, 11) is 3.66. The summed E-state index contributed by atoms with van der Waals surface area (Å²) >= 11 is 0. The predicted molar refractivity (Wildman–Crippen MR) is 251 cm³/mol. The van der Waals surface area contributed by atoms with Crippen molar-refractivity contribution >= 4 is 34.8 Å². The molecule has 2 fully saturated rings. The molecule has 2 saturated heterocycles. The van der Waals surface area contributed by atoms with E-state index in [-0.39, 0.29) is 23.9 Å². The lowest BCUT2D eigenvalue weighted by molar-refractivity contribution is -0.130. The van der Waals surface area contributed by atoms with Crippen LogP contribution in [0.2, 0.25) is 0 Å². The Morgan fingerprint density at radius 3 is 1.44 bits per heavy atom. The molecule has 0 radical (unpaired) electrons. The van der Waals surface area contributed by atoms with Gasteiger partial charge in [0.15, 0.2) is 23.0 Å². The van der Waals surface area contributed by atoms with E-state index in [1.807, 2.05) is 36.3 Å². The number of ether oxygens (including phenoxy) is 2. The van der Waals surface area contributed by atoms with E-state index in [1.54, 1.807) is 23.2 Å². The van der Waals surface area contributed by atoms with Crippen LogP contribution < -0.4 is 9.80 Å². The van der Waals surface area contributed by atoms with Crippen molar-refractivity contribution in [3.63, 3.8) is 0 Å². The molecule has 0 N–H and O–H groups in total. The largest absolute Gasteiger partial charge is 0.379 e. The molecule has 2 aromatic carbocycles. The fourth-order valence-corrected chi connectivity index (χ4v) is 11.0.